The number of hydrogen-bond donors (Lipinski definition) is 2. The first kappa shape index (κ1) is 13.6. The van der Waals surface area contributed by atoms with E-state index in [-0.39, 0.29) is 11.9 Å². The van der Waals surface area contributed by atoms with Gasteiger partial charge in [-0.1, -0.05) is 0 Å². The zero-order valence-corrected chi connectivity index (χ0v) is 12.4. The Morgan fingerprint density at radius 3 is 2.62 bits per heavy atom. The third kappa shape index (κ3) is 2.75. The summed E-state index contributed by atoms with van der Waals surface area (Å²) in [7, 11) is 0. The Morgan fingerprint density at radius 2 is 2.05 bits per heavy atom. The summed E-state index contributed by atoms with van der Waals surface area (Å²) in [5.74, 6) is -0.103. The maximum atomic E-state index is 12.1. The van der Waals surface area contributed by atoms with Crippen LogP contribution in [0, 0.1) is 6.92 Å². The Labute approximate surface area is 126 Å². The molecule has 0 radical (unpaired) electrons. The molecule has 21 heavy (non-hydrogen) atoms. The second-order valence-electron chi connectivity index (χ2n) is 4.82. The molecule has 6 heteroatoms. The van der Waals surface area contributed by atoms with Gasteiger partial charge >= 0.3 is 6.03 Å². The van der Waals surface area contributed by atoms with Crippen molar-refractivity contribution in [1.82, 2.24) is 5.32 Å². The molecule has 108 valence electrons. The number of thiophene rings is 1. The zero-order chi connectivity index (χ0) is 14.8. The molecule has 1 aliphatic heterocycles. The summed E-state index contributed by atoms with van der Waals surface area (Å²) in [5, 5.41) is 7.53. The fraction of sp³-hybridized carbons (Fsp3) is 0.200. The van der Waals surface area contributed by atoms with Crippen LogP contribution >= 0.6 is 11.3 Å². The third-order valence-electron chi connectivity index (χ3n) is 3.36. The van der Waals surface area contributed by atoms with Crippen LogP contribution in [0.5, 0.6) is 0 Å². The lowest BCUT2D eigenvalue weighted by molar-refractivity contribution is 0.103. The van der Waals surface area contributed by atoms with Crippen LogP contribution in [0.25, 0.3) is 0 Å². The van der Waals surface area contributed by atoms with Crippen LogP contribution in [0.15, 0.2) is 35.7 Å². The van der Waals surface area contributed by atoms with Gasteiger partial charge in [-0.15, -0.1) is 11.3 Å². The molecule has 0 spiro atoms. The van der Waals surface area contributed by atoms with Crippen molar-refractivity contribution in [2.45, 2.75) is 6.92 Å². The third-order valence-corrected chi connectivity index (χ3v) is 4.38. The minimum atomic E-state index is -0.103. The van der Waals surface area contributed by atoms with Crippen LogP contribution in [-0.2, 0) is 0 Å². The monoisotopic (exact) mass is 301 g/mol. The minimum Gasteiger partial charge on any atom is -0.336 e. The molecule has 1 aromatic carbocycles. The summed E-state index contributed by atoms with van der Waals surface area (Å²) < 4.78 is 0. The molecule has 5 nitrogen and oxygen atoms in total. The van der Waals surface area contributed by atoms with Gasteiger partial charge in [0, 0.05) is 24.5 Å². The molecule has 2 N–H and O–H groups in total. The van der Waals surface area contributed by atoms with Crippen molar-refractivity contribution >= 4 is 34.6 Å². The summed E-state index contributed by atoms with van der Waals surface area (Å²) in [5.41, 5.74) is 2.52. The molecule has 1 fully saturated rings. The van der Waals surface area contributed by atoms with Crippen LogP contribution in [-0.4, -0.2) is 25.0 Å². The largest absolute Gasteiger partial charge is 0.336 e. The first-order valence-electron chi connectivity index (χ1n) is 6.66. The van der Waals surface area contributed by atoms with Crippen molar-refractivity contribution in [3.8, 4) is 0 Å². The highest BCUT2D eigenvalue weighted by Crippen LogP contribution is 2.21. The number of nitrogens with one attached hydrogen (secondary N) is 2. The second kappa shape index (κ2) is 5.57. The van der Waals surface area contributed by atoms with Crippen LogP contribution in [0.4, 0.5) is 16.2 Å². The predicted octanol–water partition coefficient (Wildman–Crippen LogP) is 2.84. The van der Waals surface area contributed by atoms with Crippen LogP contribution in [0.2, 0.25) is 0 Å². The standard InChI is InChI=1S/C15H15N3O2S/c1-10-6-9-21-13(10)14(19)17-11-2-4-12(5-3-11)18-8-7-16-15(18)20/h2-6,9H,7-8H2,1H3,(H,16,20)(H,17,19). The van der Waals surface area contributed by atoms with E-state index in [4.69, 9.17) is 0 Å². The molecule has 0 aliphatic carbocycles. The van der Waals surface area contributed by atoms with E-state index in [1.165, 1.54) is 11.3 Å². The van der Waals surface area contributed by atoms with Crippen LogP contribution < -0.4 is 15.5 Å². The Hall–Kier alpha value is -2.34. The molecule has 0 saturated carbocycles. The highest BCUT2D eigenvalue weighted by Gasteiger charge is 2.20. The van der Waals surface area contributed by atoms with E-state index >= 15 is 0 Å². The topological polar surface area (TPSA) is 61.4 Å². The summed E-state index contributed by atoms with van der Waals surface area (Å²) in [6.07, 6.45) is 0. The van der Waals surface area contributed by atoms with Gasteiger partial charge in [-0.3, -0.25) is 9.69 Å². The Morgan fingerprint density at radius 1 is 1.29 bits per heavy atom. The van der Waals surface area contributed by atoms with Crippen molar-refractivity contribution in [1.29, 1.82) is 0 Å². The molecule has 3 rings (SSSR count). The SMILES string of the molecule is Cc1ccsc1C(=O)Nc1ccc(N2CCNC2=O)cc1. The molecule has 0 bridgehead atoms. The lowest BCUT2D eigenvalue weighted by Gasteiger charge is -2.14. The summed E-state index contributed by atoms with van der Waals surface area (Å²) >= 11 is 1.43. The highest BCUT2D eigenvalue weighted by molar-refractivity contribution is 7.12. The first-order valence-corrected chi connectivity index (χ1v) is 7.54. The molecule has 2 aromatic rings. The summed E-state index contributed by atoms with van der Waals surface area (Å²) in [6.45, 7) is 3.24. The van der Waals surface area contributed by atoms with Gasteiger partial charge < -0.3 is 10.6 Å². The molecule has 2 heterocycles. The Bertz CT molecular complexity index is 678. The smallest absolute Gasteiger partial charge is 0.321 e. The number of carbonyl (C=O) groups is 2. The Balaban J connectivity index is 1.71. The number of carbonyl (C=O) groups excluding carboxylic acids is 2. The van der Waals surface area contributed by atoms with Crippen molar-refractivity contribution < 1.29 is 9.59 Å². The average Bonchev–Trinajstić information content (AvgIpc) is 3.08. The van der Waals surface area contributed by atoms with Gasteiger partial charge in [0.05, 0.1) is 4.88 Å². The molecule has 3 amide bonds. The van der Waals surface area contributed by atoms with E-state index in [1.54, 1.807) is 4.90 Å². The van der Waals surface area contributed by atoms with Gasteiger partial charge in [0.15, 0.2) is 0 Å². The van der Waals surface area contributed by atoms with Gasteiger partial charge in [-0.2, -0.15) is 0 Å². The summed E-state index contributed by atoms with van der Waals surface area (Å²) in [6, 6.07) is 9.13. The maximum Gasteiger partial charge on any atom is 0.321 e. The lowest BCUT2D eigenvalue weighted by atomic mass is 10.2. The fourth-order valence-electron chi connectivity index (χ4n) is 2.24. The second-order valence-corrected chi connectivity index (χ2v) is 5.73. The molecule has 1 aromatic heterocycles. The van der Waals surface area contributed by atoms with Crippen LogP contribution in [0.3, 0.4) is 0 Å². The average molecular weight is 301 g/mol. The predicted molar refractivity (Wildman–Crippen MR) is 84.2 cm³/mol. The number of nitrogens with zero attached hydrogens (tertiary/aromatic N) is 1. The molecule has 1 aliphatic rings. The van der Waals surface area contributed by atoms with Gasteiger partial charge in [0.1, 0.15) is 0 Å². The quantitative estimate of drug-likeness (QED) is 0.915. The number of rotatable bonds is 3. The normalized spacial score (nSPS) is 14.1. The fourth-order valence-corrected chi connectivity index (χ4v) is 3.06. The maximum absolute atomic E-state index is 12.1. The molecule has 0 atom stereocenters. The van der Waals surface area contributed by atoms with Crippen molar-refractivity contribution in [3.05, 3.63) is 46.2 Å². The summed E-state index contributed by atoms with van der Waals surface area (Å²) in [4.78, 5) is 26.1. The van der Waals surface area contributed by atoms with Crippen LogP contribution in [0.1, 0.15) is 15.2 Å². The molecule has 0 unspecified atom stereocenters. The Kier molecular flexibility index (Phi) is 3.62. The number of hydrogen-bond acceptors (Lipinski definition) is 3. The van der Waals surface area contributed by atoms with E-state index in [2.05, 4.69) is 10.6 Å². The molecule has 1 saturated heterocycles. The van der Waals surface area contributed by atoms with Gasteiger partial charge in [0.25, 0.3) is 5.91 Å². The zero-order valence-electron chi connectivity index (χ0n) is 11.6. The molecular formula is C15H15N3O2S. The number of anilines is 2. The number of aryl methyl sites for hydroxylation is 1. The van der Waals surface area contributed by atoms with Gasteiger partial charge in [0.2, 0.25) is 0 Å². The lowest BCUT2D eigenvalue weighted by Crippen LogP contribution is -2.27. The number of benzene rings is 1. The van der Waals surface area contributed by atoms with Crippen molar-refractivity contribution in [2.75, 3.05) is 23.3 Å². The highest BCUT2D eigenvalue weighted by atomic mass is 32.1. The van der Waals surface area contributed by atoms with E-state index in [0.717, 1.165) is 21.8 Å². The first-order chi connectivity index (χ1) is 10.1. The van der Waals surface area contributed by atoms with E-state index in [1.807, 2.05) is 42.6 Å². The van der Waals surface area contributed by atoms with E-state index in [0.29, 0.717) is 13.1 Å². The van der Waals surface area contributed by atoms with Crippen molar-refractivity contribution in [2.24, 2.45) is 0 Å². The number of urea groups is 1. The molecular weight excluding hydrogens is 286 g/mol. The number of amides is 3. The van der Waals surface area contributed by atoms with Gasteiger partial charge in [-0.05, 0) is 48.2 Å². The van der Waals surface area contributed by atoms with E-state index < -0.39 is 0 Å². The van der Waals surface area contributed by atoms with Gasteiger partial charge in [-0.25, -0.2) is 4.79 Å². The minimum absolute atomic E-state index is 0.0824. The van der Waals surface area contributed by atoms with Crippen molar-refractivity contribution in [3.63, 3.8) is 0 Å². The van der Waals surface area contributed by atoms with E-state index in [9.17, 15) is 9.59 Å².